The first-order valence-electron chi connectivity index (χ1n) is 8.75. The van der Waals surface area contributed by atoms with Crippen molar-refractivity contribution in [2.45, 2.75) is 45.4 Å². The molecule has 0 saturated carbocycles. The third-order valence-electron chi connectivity index (χ3n) is 3.54. The molecule has 0 unspecified atom stereocenters. The van der Waals surface area contributed by atoms with Crippen molar-refractivity contribution in [1.29, 1.82) is 0 Å². The van der Waals surface area contributed by atoms with E-state index in [0.29, 0.717) is 6.61 Å². The highest BCUT2D eigenvalue weighted by atomic mass is 19.2. The summed E-state index contributed by atoms with van der Waals surface area (Å²) in [5.41, 5.74) is 0. The molecule has 0 N–H and O–H groups in total. The maximum atomic E-state index is 13.4. The van der Waals surface area contributed by atoms with Crippen LogP contribution < -0.4 is 4.74 Å². The van der Waals surface area contributed by atoms with Crippen LogP contribution in [0.5, 0.6) is 5.75 Å². The molecule has 0 aromatic heterocycles. The number of hydrogen-bond acceptors (Lipinski definition) is 5. The van der Waals surface area contributed by atoms with E-state index in [4.69, 9.17) is 9.47 Å². The molecule has 0 bridgehead atoms. The monoisotopic (exact) mass is 412 g/mol. The quantitative estimate of drug-likeness (QED) is 0.169. The zero-order valence-corrected chi connectivity index (χ0v) is 15.3. The van der Waals surface area contributed by atoms with Gasteiger partial charge in [-0.25, -0.2) is 13.2 Å². The molecule has 0 aliphatic carbocycles. The zero-order valence-electron chi connectivity index (χ0n) is 15.3. The van der Waals surface area contributed by atoms with Crippen LogP contribution in [-0.4, -0.2) is 31.8 Å². The Morgan fingerprint density at radius 3 is 1.71 bits per heavy atom. The lowest BCUT2D eigenvalue weighted by atomic mass is 10.2. The summed E-state index contributed by atoms with van der Waals surface area (Å²) in [7, 11) is 0. The van der Waals surface area contributed by atoms with Gasteiger partial charge in [0.15, 0.2) is 5.75 Å². The molecule has 0 atom stereocenters. The predicted molar refractivity (Wildman–Crippen MR) is 87.0 cm³/mol. The van der Waals surface area contributed by atoms with Crippen molar-refractivity contribution in [2.75, 3.05) is 19.8 Å². The van der Waals surface area contributed by atoms with Crippen LogP contribution in [0.3, 0.4) is 0 Å². The molecular weight excluding hydrogens is 391 g/mol. The molecule has 1 rings (SSSR count). The van der Waals surface area contributed by atoms with E-state index >= 15 is 0 Å². The van der Waals surface area contributed by atoms with Crippen molar-refractivity contribution >= 4 is 11.9 Å². The number of hydrogen-bond donors (Lipinski definition) is 0. The van der Waals surface area contributed by atoms with Crippen LogP contribution in [0.25, 0.3) is 0 Å². The first-order valence-corrected chi connectivity index (χ1v) is 8.75. The predicted octanol–water partition coefficient (Wildman–Crippen LogP) is 4.21. The fraction of sp³-hybridized carbons (Fsp3) is 0.556. The van der Waals surface area contributed by atoms with Crippen molar-refractivity contribution in [3.8, 4) is 5.75 Å². The Balaban J connectivity index is 2.27. The molecule has 5 nitrogen and oxygen atoms in total. The minimum Gasteiger partial charge on any atom is -0.484 e. The molecule has 0 aliphatic rings. The molecule has 0 spiro atoms. The molecular formula is C18H21F5O5. The summed E-state index contributed by atoms with van der Waals surface area (Å²) in [6.07, 6.45) is 2.83. The molecule has 0 aliphatic heterocycles. The third kappa shape index (κ3) is 7.32. The lowest BCUT2D eigenvalue weighted by Gasteiger charge is -2.10. The van der Waals surface area contributed by atoms with E-state index in [-0.39, 0.29) is 19.3 Å². The number of benzene rings is 1. The lowest BCUT2D eigenvalue weighted by molar-refractivity contribution is -0.146. The number of carbonyl (C=O) groups excluding carboxylic acids is 2. The number of carbonyl (C=O) groups is 2. The number of esters is 2. The summed E-state index contributed by atoms with van der Waals surface area (Å²) in [5.74, 6) is -13.4. The molecule has 0 amide bonds. The topological polar surface area (TPSA) is 61.8 Å². The summed E-state index contributed by atoms with van der Waals surface area (Å²) < 4.78 is 79.8. The third-order valence-corrected chi connectivity index (χ3v) is 3.54. The van der Waals surface area contributed by atoms with E-state index in [1.165, 1.54) is 0 Å². The van der Waals surface area contributed by atoms with E-state index in [0.717, 1.165) is 19.3 Å². The highest BCUT2D eigenvalue weighted by Gasteiger charge is 2.27. The highest BCUT2D eigenvalue weighted by Crippen LogP contribution is 2.28. The molecule has 10 heteroatoms. The van der Waals surface area contributed by atoms with Crippen LogP contribution in [-0.2, 0) is 19.1 Å². The van der Waals surface area contributed by atoms with E-state index in [2.05, 4.69) is 4.74 Å². The molecule has 1 aromatic rings. The average Bonchev–Trinajstić information content (AvgIpc) is 2.67. The summed E-state index contributed by atoms with van der Waals surface area (Å²) in [6, 6.07) is 0. The fourth-order valence-corrected chi connectivity index (χ4v) is 2.07. The van der Waals surface area contributed by atoms with Gasteiger partial charge in [-0.1, -0.05) is 19.8 Å². The van der Waals surface area contributed by atoms with Crippen molar-refractivity contribution in [3.63, 3.8) is 0 Å². The number of unbranched alkanes of at least 4 members (excludes halogenated alkanes) is 2. The van der Waals surface area contributed by atoms with Crippen molar-refractivity contribution in [3.05, 3.63) is 29.1 Å². The van der Waals surface area contributed by atoms with Crippen LogP contribution in [0.15, 0.2) is 0 Å². The highest BCUT2D eigenvalue weighted by molar-refractivity contribution is 5.72. The molecule has 1 aromatic carbocycles. The maximum Gasteiger partial charge on any atom is 0.305 e. The van der Waals surface area contributed by atoms with Gasteiger partial charge in [0, 0.05) is 12.8 Å². The molecule has 28 heavy (non-hydrogen) atoms. The summed E-state index contributed by atoms with van der Waals surface area (Å²) in [5, 5.41) is 0. The number of rotatable bonds is 12. The average molecular weight is 412 g/mol. The SMILES string of the molecule is CCCCCOC(=O)CCCC(=O)OCCOc1c(F)c(F)c(F)c(F)c1F. The van der Waals surface area contributed by atoms with Gasteiger partial charge in [-0.3, -0.25) is 9.59 Å². The van der Waals surface area contributed by atoms with Gasteiger partial charge < -0.3 is 14.2 Å². The Bertz CT molecular complexity index is 652. The Hall–Kier alpha value is -2.39. The first-order chi connectivity index (χ1) is 13.3. The van der Waals surface area contributed by atoms with Crippen LogP contribution in [0.1, 0.15) is 45.4 Å². The Morgan fingerprint density at radius 1 is 0.679 bits per heavy atom. The van der Waals surface area contributed by atoms with Gasteiger partial charge in [-0.2, -0.15) is 8.78 Å². The summed E-state index contributed by atoms with van der Waals surface area (Å²) in [4.78, 5) is 22.9. The van der Waals surface area contributed by atoms with E-state index in [1.54, 1.807) is 0 Å². The zero-order chi connectivity index (χ0) is 21.1. The van der Waals surface area contributed by atoms with E-state index in [1.807, 2.05) is 6.92 Å². The molecule has 158 valence electrons. The van der Waals surface area contributed by atoms with Gasteiger partial charge in [0.2, 0.25) is 29.1 Å². The van der Waals surface area contributed by atoms with Crippen LogP contribution in [0.2, 0.25) is 0 Å². The first kappa shape index (κ1) is 23.6. The fourth-order valence-electron chi connectivity index (χ4n) is 2.07. The molecule has 0 heterocycles. The number of halogens is 5. The Labute approximate surface area is 158 Å². The Kier molecular flexibility index (Phi) is 10.3. The smallest absolute Gasteiger partial charge is 0.305 e. The van der Waals surface area contributed by atoms with Gasteiger partial charge >= 0.3 is 11.9 Å². The molecule has 0 fully saturated rings. The van der Waals surface area contributed by atoms with Crippen LogP contribution in [0, 0.1) is 29.1 Å². The van der Waals surface area contributed by atoms with Crippen molar-refractivity contribution in [2.24, 2.45) is 0 Å². The second-order valence-electron chi connectivity index (χ2n) is 5.75. The summed E-state index contributed by atoms with van der Waals surface area (Å²) in [6.45, 7) is 1.25. The largest absolute Gasteiger partial charge is 0.484 e. The Morgan fingerprint density at radius 2 is 1.18 bits per heavy atom. The van der Waals surface area contributed by atoms with Gasteiger partial charge in [-0.15, -0.1) is 0 Å². The second kappa shape index (κ2) is 12.1. The standard InChI is InChI=1S/C18H21F5O5/c1-2-3-4-8-26-11(24)6-5-7-12(25)27-9-10-28-18-16(22)14(20)13(19)15(21)17(18)23/h2-10H2,1H3. The number of ether oxygens (including phenoxy) is 3. The maximum absolute atomic E-state index is 13.4. The minimum absolute atomic E-state index is 0.0300. The van der Waals surface area contributed by atoms with Gasteiger partial charge in [-0.05, 0) is 12.8 Å². The normalized spacial score (nSPS) is 10.6. The van der Waals surface area contributed by atoms with Gasteiger partial charge in [0.1, 0.15) is 13.2 Å². The van der Waals surface area contributed by atoms with Crippen molar-refractivity contribution in [1.82, 2.24) is 0 Å². The molecule has 0 saturated heterocycles. The van der Waals surface area contributed by atoms with Crippen LogP contribution >= 0.6 is 0 Å². The van der Waals surface area contributed by atoms with Crippen LogP contribution in [0.4, 0.5) is 22.0 Å². The van der Waals surface area contributed by atoms with E-state index < -0.39 is 60.0 Å². The second-order valence-corrected chi connectivity index (χ2v) is 5.75. The van der Waals surface area contributed by atoms with Crippen molar-refractivity contribution < 1.29 is 45.8 Å². The summed E-state index contributed by atoms with van der Waals surface area (Å²) >= 11 is 0. The van der Waals surface area contributed by atoms with Gasteiger partial charge in [0.05, 0.1) is 6.61 Å². The van der Waals surface area contributed by atoms with E-state index in [9.17, 15) is 31.5 Å². The lowest BCUT2D eigenvalue weighted by Crippen LogP contribution is -2.15. The van der Waals surface area contributed by atoms with Gasteiger partial charge in [0.25, 0.3) is 0 Å². The molecule has 0 radical (unpaired) electrons. The minimum atomic E-state index is -2.29.